The number of nitrogens with one attached hydrogen (secondary N) is 1. The van der Waals surface area contributed by atoms with E-state index in [0.717, 1.165) is 29.7 Å². The van der Waals surface area contributed by atoms with Gasteiger partial charge in [0.05, 0.1) is 4.92 Å². The topological polar surface area (TPSA) is 72.2 Å². The predicted molar refractivity (Wildman–Crippen MR) is 89.3 cm³/mol. The number of nitro groups is 1. The lowest BCUT2D eigenvalue weighted by Crippen LogP contribution is -2.30. The molecule has 0 aromatic heterocycles. The molecule has 3 rings (SSSR count). The standard InChI is InChI=1S/C18H18N2O3/c1-18(2)10-9-12-11-13(7-8-14(12)17(18)21)19-15-5-3-4-6-16(15)20(22)23/h3-8,11,19H,9-10H2,1-2H3. The van der Waals surface area contributed by atoms with E-state index in [2.05, 4.69) is 5.32 Å². The molecule has 5 heteroatoms. The van der Waals surface area contributed by atoms with Crippen LogP contribution in [0.5, 0.6) is 0 Å². The molecular weight excluding hydrogens is 292 g/mol. The van der Waals surface area contributed by atoms with Crippen LogP contribution in [0.2, 0.25) is 0 Å². The Balaban J connectivity index is 1.93. The molecule has 2 aromatic rings. The zero-order valence-corrected chi connectivity index (χ0v) is 13.1. The molecule has 118 valence electrons. The van der Waals surface area contributed by atoms with Gasteiger partial charge < -0.3 is 5.32 Å². The van der Waals surface area contributed by atoms with Crippen molar-refractivity contribution >= 4 is 22.8 Å². The minimum Gasteiger partial charge on any atom is -0.350 e. The number of anilines is 2. The third-order valence-electron chi connectivity index (χ3n) is 4.36. The Morgan fingerprint density at radius 3 is 2.65 bits per heavy atom. The van der Waals surface area contributed by atoms with Crippen molar-refractivity contribution in [1.82, 2.24) is 0 Å². The molecule has 0 saturated heterocycles. The molecule has 0 amide bonds. The van der Waals surface area contributed by atoms with E-state index in [-0.39, 0.29) is 16.9 Å². The second kappa shape index (κ2) is 5.50. The first-order valence-corrected chi connectivity index (χ1v) is 7.57. The number of nitro benzene ring substituents is 1. The van der Waals surface area contributed by atoms with Gasteiger partial charge >= 0.3 is 0 Å². The van der Waals surface area contributed by atoms with Crippen molar-refractivity contribution in [1.29, 1.82) is 0 Å². The molecular formula is C18H18N2O3. The number of hydrogen-bond acceptors (Lipinski definition) is 4. The number of ketones is 1. The molecule has 2 aromatic carbocycles. The van der Waals surface area contributed by atoms with E-state index < -0.39 is 4.92 Å². The first-order chi connectivity index (χ1) is 10.9. The summed E-state index contributed by atoms with van der Waals surface area (Å²) in [5.41, 5.74) is 2.67. The number of hydrogen-bond donors (Lipinski definition) is 1. The fraction of sp³-hybridized carbons (Fsp3) is 0.278. The molecule has 5 nitrogen and oxygen atoms in total. The molecule has 0 unspecified atom stereocenters. The highest BCUT2D eigenvalue weighted by Crippen LogP contribution is 2.36. The lowest BCUT2D eigenvalue weighted by atomic mass is 9.73. The normalized spacial score (nSPS) is 15.8. The Kier molecular flexibility index (Phi) is 3.64. The zero-order chi connectivity index (χ0) is 16.6. The monoisotopic (exact) mass is 310 g/mol. The van der Waals surface area contributed by atoms with E-state index in [1.54, 1.807) is 24.3 Å². The highest BCUT2D eigenvalue weighted by molar-refractivity contribution is 6.02. The van der Waals surface area contributed by atoms with Crippen LogP contribution >= 0.6 is 0 Å². The molecule has 1 aliphatic rings. The molecule has 0 fully saturated rings. The third kappa shape index (κ3) is 2.82. The maximum absolute atomic E-state index is 12.4. The van der Waals surface area contributed by atoms with Gasteiger partial charge in [0, 0.05) is 22.7 Å². The fourth-order valence-corrected chi connectivity index (χ4v) is 2.92. The number of nitrogens with zero attached hydrogens (tertiary/aromatic N) is 1. The largest absolute Gasteiger partial charge is 0.350 e. The highest BCUT2D eigenvalue weighted by atomic mass is 16.6. The van der Waals surface area contributed by atoms with Gasteiger partial charge in [-0.1, -0.05) is 26.0 Å². The van der Waals surface area contributed by atoms with Crippen molar-refractivity contribution in [2.45, 2.75) is 26.7 Å². The van der Waals surface area contributed by atoms with Crippen molar-refractivity contribution in [3.8, 4) is 0 Å². The summed E-state index contributed by atoms with van der Waals surface area (Å²) in [4.78, 5) is 23.1. The van der Waals surface area contributed by atoms with Crippen LogP contribution in [0.3, 0.4) is 0 Å². The summed E-state index contributed by atoms with van der Waals surface area (Å²) in [6.07, 6.45) is 1.65. The van der Waals surface area contributed by atoms with Gasteiger partial charge in [0.25, 0.3) is 5.69 Å². The van der Waals surface area contributed by atoms with Crippen LogP contribution in [0.4, 0.5) is 17.1 Å². The summed E-state index contributed by atoms with van der Waals surface area (Å²) in [6.45, 7) is 3.94. The van der Waals surface area contributed by atoms with E-state index in [1.165, 1.54) is 6.07 Å². The molecule has 0 aliphatic heterocycles. The van der Waals surface area contributed by atoms with Gasteiger partial charge in [-0.15, -0.1) is 0 Å². The summed E-state index contributed by atoms with van der Waals surface area (Å²) >= 11 is 0. The number of fused-ring (bicyclic) bond motifs is 1. The van der Waals surface area contributed by atoms with Crippen molar-refractivity contribution in [3.05, 3.63) is 63.7 Å². The molecule has 0 radical (unpaired) electrons. The third-order valence-corrected chi connectivity index (χ3v) is 4.36. The van der Waals surface area contributed by atoms with E-state index in [1.807, 2.05) is 26.0 Å². The molecule has 1 N–H and O–H groups in total. The van der Waals surface area contributed by atoms with Gasteiger partial charge in [0.2, 0.25) is 0 Å². The SMILES string of the molecule is CC1(C)CCc2cc(Nc3ccccc3[N+](=O)[O-])ccc2C1=O. The molecule has 1 aliphatic carbocycles. The molecule has 0 heterocycles. The Labute approximate surface area is 134 Å². The number of carbonyl (C=O) groups excluding carboxylic acids is 1. The van der Waals surface area contributed by atoms with Gasteiger partial charge in [-0.2, -0.15) is 0 Å². The molecule has 0 saturated carbocycles. The number of Topliss-reactive ketones (excluding diaryl/α,β-unsaturated/α-hetero) is 1. The number of rotatable bonds is 3. The second-order valence-electron chi connectivity index (χ2n) is 6.48. The Morgan fingerprint density at radius 2 is 1.91 bits per heavy atom. The maximum atomic E-state index is 12.4. The van der Waals surface area contributed by atoms with Gasteiger partial charge in [0.15, 0.2) is 5.78 Å². The van der Waals surface area contributed by atoms with Gasteiger partial charge in [-0.25, -0.2) is 0 Å². The average molecular weight is 310 g/mol. The van der Waals surface area contributed by atoms with Crippen molar-refractivity contribution in [3.63, 3.8) is 0 Å². The maximum Gasteiger partial charge on any atom is 0.292 e. The van der Waals surface area contributed by atoms with E-state index in [4.69, 9.17) is 0 Å². The Hall–Kier alpha value is -2.69. The van der Waals surface area contributed by atoms with Gasteiger partial charge in [0.1, 0.15) is 5.69 Å². The van der Waals surface area contributed by atoms with E-state index in [9.17, 15) is 14.9 Å². The smallest absolute Gasteiger partial charge is 0.292 e. The van der Waals surface area contributed by atoms with Crippen LogP contribution in [-0.4, -0.2) is 10.7 Å². The number of benzene rings is 2. The fourth-order valence-electron chi connectivity index (χ4n) is 2.92. The summed E-state index contributed by atoms with van der Waals surface area (Å²) in [5, 5.41) is 14.2. The molecule has 0 atom stereocenters. The van der Waals surface area contributed by atoms with Crippen LogP contribution in [0.25, 0.3) is 0 Å². The van der Waals surface area contributed by atoms with Gasteiger partial charge in [-0.05, 0) is 42.7 Å². The second-order valence-corrected chi connectivity index (χ2v) is 6.48. The predicted octanol–water partition coefficient (Wildman–Crippen LogP) is 4.49. The van der Waals surface area contributed by atoms with Crippen molar-refractivity contribution in [2.75, 3.05) is 5.32 Å². The van der Waals surface area contributed by atoms with E-state index in [0.29, 0.717) is 5.69 Å². The lowest BCUT2D eigenvalue weighted by molar-refractivity contribution is -0.383. The van der Waals surface area contributed by atoms with Crippen molar-refractivity contribution in [2.24, 2.45) is 5.41 Å². The van der Waals surface area contributed by atoms with Crippen LogP contribution < -0.4 is 5.32 Å². The average Bonchev–Trinajstić information content (AvgIpc) is 2.52. The van der Waals surface area contributed by atoms with Crippen LogP contribution in [0.1, 0.15) is 36.2 Å². The minimum absolute atomic E-state index is 0.0300. The number of carbonyl (C=O) groups is 1. The van der Waals surface area contributed by atoms with Gasteiger partial charge in [-0.3, -0.25) is 14.9 Å². The Morgan fingerprint density at radius 1 is 1.17 bits per heavy atom. The first-order valence-electron chi connectivity index (χ1n) is 7.57. The van der Waals surface area contributed by atoms with Crippen LogP contribution in [-0.2, 0) is 6.42 Å². The quantitative estimate of drug-likeness (QED) is 0.669. The number of aryl methyl sites for hydroxylation is 1. The molecule has 0 spiro atoms. The van der Waals surface area contributed by atoms with Crippen LogP contribution in [0, 0.1) is 15.5 Å². The molecule has 23 heavy (non-hydrogen) atoms. The first kappa shape index (κ1) is 15.2. The summed E-state index contributed by atoms with van der Waals surface area (Å²) in [7, 11) is 0. The summed E-state index contributed by atoms with van der Waals surface area (Å²) in [6, 6.07) is 12.1. The number of para-hydroxylation sites is 2. The van der Waals surface area contributed by atoms with Crippen molar-refractivity contribution < 1.29 is 9.72 Å². The Bertz CT molecular complexity index is 797. The zero-order valence-electron chi connectivity index (χ0n) is 13.1. The highest BCUT2D eigenvalue weighted by Gasteiger charge is 2.34. The minimum atomic E-state index is -0.410. The van der Waals surface area contributed by atoms with Crippen LogP contribution in [0.15, 0.2) is 42.5 Å². The van der Waals surface area contributed by atoms with E-state index >= 15 is 0 Å². The summed E-state index contributed by atoms with van der Waals surface area (Å²) in [5.74, 6) is 0.163. The lowest BCUT2D eigenvalue weighted by Gasteiger charge is -2.29. The summed E-state index contributed by atoms with van der Waals surface area (Å²) < 4.78 is 0. The molecule has 0 bridgehead atoms.